The van der Waals surface area contributed by atoms with Crippen molar-refractivity contribution in [1.82, 2.24) is 9.47 Å². The van der Waals surface area contributed by atoms with Gasteiger partial charge in [0.25, 0.3) is 0 Å². The normalized spacial score (nSPS) is 14.4. The lowest BCUT2D eigenvalue weighted by Crippen LogP contribution is -2.48. The molecule has 1 aliphatic rings. The summed E-state index contributed by atoms with van der Waals surface area (Å²) in [5.74, 6) is 1.83. The minimum atomic E-state index is 0.0604. The molecular formula is C25H29N3O3. The van der Waals surface area contributed by atoms with Crippen LogP contribution in [0.5, 0.6) is 5.75 Å². The van der Waals surface area contributed by atoms with Gasteiger partial charge in [0.15, 0.2) is 0 Å². The zero-order chi connectivity index (χ0) is 21.8. The second kappa shape index (κ2) is 9.16. The lowest BCUT2D eigenvalue weighted by molar-refractivity contribution is -0.126. The number of amides is 1. The van der Waals surface area contributed by atoms with Gasteiger partial charge in [0.05, 0.1) is 19.9 Å². The first kappa shape index (κ1) is 20.8. The Hall–Kier alpha value is -3.41. The summed E-state index contributed by atoms with van der Waals surface area (Å²) in [5.41, 5.74) is 4.50. The molecule has 162 valence electrons. The van der Waals surface area contributed by atoms with Gasteiger partial charge in [0.1, 0.15) is 11.5 Å². The van der Waals surface area contributed by atoms with Gasteiger partial charge in [0, 0.05) is 49.3 Å². The van der Waals surface area contributed by atoms with Crippen LogP contribution in [0.25, 0.3) is 6.08 Å². The van der Waals surface area contributed by atoms with Crippen molar-refractivity contribution in [3.05, 3.63) is 77.5 Å². The maximum absolute atomic E-state index is 12.7. The van der Waals surface area contributed by atoms with Crippen LogP contribution in [0.15, 0.2) is 59.2 Å². The first-order valence-electron chi connectivity index (χ1n) is 10.6. The molecule has 0 saturated carbocycles. The minimum absolute atomic E-state index is 0.0604. The summed E-state index contributed by atoms with van der Waals surface area (Å²) >= 11 is 0. The molecule has 1 fully saturated rings. The van der Waals surface area contributed by atoms with Gasteiger partial charge in [-0.3, -0.25) is 4.79 Å². The maximum atomic E-state index is 12.7. The molecule has 0 unspecified atom stereocenters. The van der Waals surface area contributed by atoms with E-state index in [0.717, 1.165) is 47.2 Å². The van der Waals surface area contributed by atoms with Crippen molar-refractivity contribution >= 4 is 17.7 Å². The number of carbonyl (C=O) groups excluding carboxylic acids is 1. The number of anilines is 1. The Morgan fingerprint density at radius 3 is 2.48 bits per heavy atom. The minimum Gasteiger partial charge on any atom is -0.497 e. The number of benzene rings is 1. The van der Waals surface area contributed by atoms with Crippen LogP contribution >= 0.6 is 0 Å². The molecule has 1 aromatic carbocycles. The predicted molar refractivity (Wildman–Crippen MR) is 123 cm³/mol. The molecule has 0 radical (unpaired) electrons. The molecule has 1 aliphatic heterocycles. The highest BCUT2D eigenvalue weighted by Crippen LogP contribution is 2.21. The van der Waals surface area contributed by atoms with Crippen molar-refractivity contribution in [1.29, 1.82) is 0 Å². The summed E-state index contributed by atoms with van der Waals surface area (Å²) in [6, 6.07) is 14.1. The van der Waals surface area contributed by atoms with Crippen LogP contribution in [-0.2, 0) is 11.3 Å². The number of furan rings is 1. The van der Waals surface area contributed by atoms with Gasteiger partial charge in [-0.15, -0.1) is 0 Å². The van der Waals surface area contributed by atoms with E-state index in [2.05, 4.69) is 41.5 Å². The number of aryl methyl sites for hydroxylation is 1. The molecule has 0 atom stereocenters. The van der Waals surface area contributed by atoms with Gasteiger partial charge in [-0.05, 0) is 68.0 Å². The van der Waals surface area contributed by atoms with E-state index in [1.165, 1.54) is 0 Å². The molecule has 1 amide bonds. The Bertz CT molecular complexity index is 1040. The average Bonchev–Trinajstić information content (AvgIpc) is 3.41. The zero-order valence-corrected chi connectivity index (χ0v) is 18.4. The average molecular weight is 420 g/mol. The number of aromatic nitrogens is 1. The zero-order valence-electron chi connectivity index (χ0n) is 18.4. The lowest BCUT2D eigenvalue weighted by atomic mass is 10.2. The Labute approximate surface area is 183 Å². The standard InChI is InChI=1S/C25H29N3O3/c1-19-17-21(20(2)28(19)18-24-5-4-16-31-24)6-11-25(29)27-14-12-26(13-15-27)22-7-9-23(30-3)10-8-22/h4-11,16-17H,12-15,18H2,1-3H3. The van der Waals surface area contributed by atoms with Crippen LogP contribution in [0.3, 0.4) is 0 Å². The first-order chi connectivity index (χ1) is 15.0. The summed E-state index contributed by atoms with van der Waals surface area (Å²) in [4.78, 5) is 17.0. The summed E-state index contributed by atoms with van der Waals surface area (Å²) in [6.45, 7) is 7.92. The molecular weight excluding hydrogens is 390 g/mol. The van der Waals surface area contributed by atoms with Crippen LogP contribution in [0.1, 0.15) is 22.7 Å². The quantitative estimate of drug-likeness (QED) is 0.564. The van der Waals surface area contributed by atoms with Gasteiger partial charge < -0.3 is 23.5 Å². The number of hydrogen-bond donors (Lipinski definition) is 0. The summed E-state index contributed by atoms with van der Waals surface area (Å²) in [5, 5.41) is 0. The molecule has 0 spiro atoms. The predicted octanol–water partition coefficient (Wildman–Crippen LogP) is 4.12. The molecule has 31 heavy (non-hydrogen) atoms. The van der Waals surface area contributed by atoms with E-state index in [0.29, 0.717) is 19.6 Å². The molecule has 3 heterocycles. The summed E-state index contributed by atoms with van der Waals surface area (Å²) in [6.07, 6.45) is 5.32. The van der Waals surface area contributed by atoms with Gasteiger partial charge in [0.2, 0.25) is 5.91 Å². The van der Waals surface area contributed by atoms with E-state index in [1.807, 2.05) is 35.2 Å². The molecule has 0 bridgehead atoms. The molecule has 0 N–H and O–H groups in total. The highest BCUT2D eigenvalue weighted by atomic mass is 16.5. The maximum Gasteiger partial charge on any atom is 0.246 e. The Balaban J connectivity index is 1.35. The Morgan fingerprint density at radius 1 is 1.10 bits per heavy atom. The molecule has 0 aliphatic carbocycles. The topological polar surface area (TPSA) is 50.9 Å². The van der Waals surface area contributed by atoms with E-state index in [4.69, 9.17) is 9.15 Å². The molecule has 4 rings (SSSR count). The van der Waals surface area contributed by atoms with Crippen molar-refractivity contribution in [2.75, 3.05) is 38.2 Å². The molecule has 2 aromatic heterocycles. The first-order valence-corrected chi connectivity index (χ1v) is 10.6. The lowest BCUT2D eigenvalue weighted by Gasteiger charge is -2.35. The smallest absolute Gasteiger partial charge is 0.246 e. The number of hydrogen-bond acceptors (Lipinski definition) is 4. The van der Waals surface area contributed by atoms with Crippen molar-refractivity contribution in [2.45, 2.75) is 20.4 Å². The largest absolute Gasteiger partial charge is 0.497 e. The second-order valence-electron chi connectivity index (χ2n) is 7.84. The summed E-state index contributed by atoms with van der Waals surface area (Å²) in [7, 11) is 1.67. The number of carbonyl (C=O) groups is 1. The van der Waals surface area contributed by atoms with Crippen molar-refractivity contribution in [3.8, 4) is 5.75 Å². The Morgan fingerprint density at radius 2 is 1.84 bits per heavy atom. The number of piperazine rings is 1. The van der Waals surface area contributed by atoms with E-state index < -0.39 is 0 Å². The van der Waals surface area contributed by atoms with E-state index in [1.54, 1.807) is 19.4 Å². The molecule has 6 nitrogen and oxygen atoms in total. The number of ether oxygens (including phenoxy) is 1. The van der Waals surface area contributed by atoms with Crippen molar-refractivity contribution in [3.63, 3.8) is 0 Å². The van der Waals surface area contributed by atoms with Gasteiger partial charge in [-0.1, -0.05) is 0 Å². The fourth-order valence-corrected chi connectivity index (χ4v) is 4.04. The number of nitrogens with zero attached hydrogens (tertiary/aromatic N) is 3. The van der Waals surface area contributed by atoms with E-state index in [-0.39, 0.29) is 5.91 Å². The monoisotopic (exact) mass is 419 g/mol. The van der Waals surface area contributed by atoms with E-state index >= 15 is 0 Å². The van der Waals surface area contributed by atoms with Gasteiger partial charge in [-0.25, -0.2) is 0 Å². The third-order valence-corrected chi connectivity index (χ3v) is 5.94. The van der Waals surface area contributed by atoms with E-state index in [9.17, 15) is 4.79 Å². The van der Waals surface area contributed by atoms with Crippen molar-refractivity contribution < 1.29 is 13.9 Å². The fourth-order valence-electron chi connectivity index (χ4n) is 4.04. The summed E-state index contributed by atoms with van der Waals surface area (Å²) < 4.78 is 12.9. The SMILES string of the molecule is COc1ccc(N2CCN(C(=O)C=Cc3cc(C)n(Cc4ccco4)c3C)CC2)cc1. The van der Waals surface area contributed by atoms with Crippen LogP contribution < -0.4 is 9.64 Å². The fraction of sp³-hybridized carbons (Fsp3) is 0.320. The van der Waals surface area contributed by atoms with Crippen LogP contribution in [0.4, 0.5) is 5.69 Å². The Kier molecular flexibility index (Phi) is 6.16. The third-order valence-electron chi connectivity index (χ3n) is 5.94. The van der Waals surface area contributed by atoms with Gasteiger partial charge >= 0.3 is 0 Å². The van der Waals surface area contributed by atoms with Crippen molar-refractivity contribution in [2.24, 2.45) is 0 Å². The number of rotatable bonds is 6. The second-order valence-corrected chi connectivity index (χ2v) is 7.84. The highest BCUT2D eigenvalue weighted by Gasteiger charge is 2.20. The van der Waals surface area contributed by atoms with Gasteiger partial charge in [-0.2, -0.15) is 0 Å². The van der Waals surface area contributed by atoms with Crippen LogP contribution in [0, 0.1) is 13.8 Å². The molecule has 6 heteroatoms. The highest BCUT2D eigenvalue weighted by molar-refractivity contribution is 5.92. The molecule has 3 aromatic rings. The third kappa shape index (κ3) is 4.68. The number of methoxy groups -OCH3 is 1. The van der Waals surface area contributed by atoms with Crippen LogP contribution in [0.2, 0.25) is 0 Å². The van der Waals surface area contributed by atoms with Crippen LogP contribution in [-0.4, -0.2) is 48.7 Å². The molecule has 1 saturated heterocycles.